The zero-order valence-electron chi connectivity index (χ0n) is 17.1. The van der Waals surface area contributed by atoms with Crippen molar-refractivity contribution in [2.45, 2.75) is 6.54 Å². The smallest absolute Gasteiger partial charge is 0.191 e. The fourth-order valence-corrected chi connectivity index (χ4v) is 3.32. The van der Waals surface area contributed by atoms with Gasteiger partial charge in [0.1, 0.15) is 11.5 Å². The molecule has 32 heavy (non-hydrogen) atoms. The third kappa shape index (κ3) is 6.20. The van der Waals surface area contributed by atoms with E-state index in [1.807, 2.05) is 97.2 Å². The molecule has 0 fully saturated rings. The summed E-state index contributed by atoms with van der Waals surface area (Å²) in [6.07, 6.45) is 3.74. The second-order valence-corrected chi connectivity index (χ2v) is 7.80. The van der Waals surface area contributed by atoms with Gasteiger partial charge in [-0.25, -0.2) is 0 Å². The highest BCUT2D eigenvalue weighted by Crippen LogP contribution is 2.22. The number of ether oxygens (including phenoxy) is 1. The van der Waals surface area contributed by atoms with Crippen LogP contribution in [0.2, 0.25) is 5.02 Å². The van der Waals surface area contributed by atoms with E-state index in [1.54, 1.807) is 6.21 Å². The van der Waals surface area contributed by atoms with E-state index in [-0.39, 0.29) is 0 Å². The molecule has 0 saturated heterocycles. The van der Waals surface area contributed by atoms with Crippen LogP contribution in [-0.2, 0) is 6.54 Å². The van der Waals surface area contributed by atoms with Crippen LogP contribution in [0.15, 0.2) is 102 Å². The molecule has 0 aliphatic heterocycles. The molecule has 1 heterocycles. The molecule has 0 aliphatic rings. The molecule has 2 N–H and O–H groups in total. The Labute approximate surface area is 197 Å². The van der Waals surface area contributed by atoms with Crippen LogP contribution in [0.1, 0.15) is 11.3 Å². The minimum absolute atomic E-state index is 0.397. The molecule has 0 bridgehead atoms. The van der Waals surface area contributed by atoms with Gasteiger partial charge in [-0.3, -0.25) is 5.43 Å². The van der Waals surface area contributed by atoms with Crippen molar-refractivity contribution >= 4 is 40.8 Å². The van der Waals surface area contributed by atoms with Crippen LogP contribution in [0.25, 0.3) is 0 Å². The summed E-state index contributed by atoms with van der Waals surface area (Å²) in [4.78, 5) is 0. The fourth-order valence-electron chi connectivity index (χ4n) is 3.02. The zero-order valence-corrected chi connectivity index (χ0v) is 18.7. The normalized spacial score (nSPS) is 10.8. The van der Waals surface area contributed by atoms with Gasteiger partial charge in [0.25, 0.3) is 0 Å². The van der Waals surface area contributed by atoms with Gasteiger partial charge >= 0.3 is 0 Å². The lowest BCUT2D eigenvalue weighted by atomic mass is 10.2. The monoisotopic (exact) mass is 460 g/mol. The highest BCUT2D eigenvalue weighted by Gasteiger charge is 2.02. The molecule has 0 saturated carbocycles. The van der Waals surface area contributed by atoms with Gasteiger partial charge < -0.3 is 14.6 Å². The zero-order chi connectivity index (χ0) is 22.2. The first kappa shape index (κ1) is 21.6. The molecular formula is C25H21ClN4OS. The van der Waals surface area contributed by atoms with Crippen molar-refractivity contribution in [2.24, 2.45) is 5.10 Å². The molecule has 0 spiro atoms. The first-order valence-corrected chi connectivity index (χ1v) is 10.8. The van der Waals surface area contributed by atoms with E-state index in [9.17, 15) is 0 Å². The minimum atomic E-state index is 0.397. The largest absolute Gasteiger partial charge is 0.457 e. The summed E-state index contributed by atoms with van der Waals surface area (Å²) in [6, 6.07) is 29.0. The Morgan fingerprint density at radius 3 is 2.38 bits per heavy atom. The Morgan fingerprint density at radius 2 is 1.62 bits per heavy atom. The van der Waals surface area contributed by atoms with Crippen LogP contribution in [0, 0.1) is 0 Å². The van der Waals surface area contributed by atoms with E-state index in [4.69, 9.17) is 28.6 Å². The van der Waals surface area contributed by atoms with Crippen LogP contribution in [-0.4, -0.2) is 15.9 Å². The van der Waals surface area contributed by atoms with E-state index in [1.165, 1.54) is 0 Å². The molecule has 0 atom stereocenters. The van der Waals surface area contributed by atoms with Gasteiger partial charge in [-0.2, -0.15) is 5.10 Å². The highest BCUT2D eigenvalue weighted by molar-refractivity contribution is 7.80. The predicted octanol–water partition coefficient (Wildman–Crippen LogP) is 6.30. The van der Waals surface area contributed by atoms with Crippen molar-refractivity contribution in [2.75, 3.05) is 5.32 Å². The maximum absolute atomic E-state index is 5.96. The van der Waals surface area contributed by atoms with Crippen molar-refractivity contribution < 1.29 is 4.74 Å². The molecule has 0 amide bonds. The first-order valence-electron chi connectivity index (χ1n) is 9.98. The predicted molar refractivity (Wildman–Crippen MR) is 135 cm³/mol. The van der Waals surface area contributed by atoms with Crippen LogP contribution in [0.3, 0.4) is 0 Å². The number of anilines is 1. The minimum Gasteiger partial charge on any atom is -0.457 e. The van der Waals surface area contributed by atoms with Crippen LogP contribution >= 0.6 is 23.8 Å². The van der Waals surface area contributed by atoms with Gasteiger partial charge in [0.2, 0.25) is 0 Å². The topological polar surface area (TPSA) is 50.6 Å². The third-order valence-corrected chi connectivity index (χ3v) is 5.03. The number of hydrazone groups is 1. The summed E-state index contributed by atoms with van der Waals surface area (Å²) in [7, 11) is 0. The molecule has 0 unspecified atom stereocenters. The lowest BCUT2D eigenvalue weighted by Gasteiger charge is -2.09. The molecule has 1 aromatic heterocycles. The number of rotatable bonds is 7. The van der Waals surface area contributed by atoms with Crippen molar-refractivity contribution in [1.29, 1.82) is 0 Å². The maximum atomic E-state index is 5.96. The van der Waals surface area contributed by atoms with E-state index in [0.29, 0.717) is 5.11 Å². The summed E-state index contributed by atoms with van der Waals surface area (Å²) < 4.78 is 7.89. The van der Waals surface area contributed by atoms with Gasteiger partial charge in [0.05, 0.1) is 11.9 Å². The Balaban J connectivity index is 1.29. The van der Waals surface area contributed by atoms with Crippen molar-refractivity contribution in [3.63, 3.8) is 0 Å². The molecule has 3 aromatic carbocycles. The molecule has 0 radical (unpaired) electrons. The summed E-state index contributed by atoms with van der Waals surface area (Å²) in [5.41, 5.74) is 5.80. The number of para-hydroxylation sites is 1. The lowest BCUT2D eigenvalue weighted by molar-refractivity contribution is 0.483. The van der Waals surface area contributed by atoms with Gasteiger partial charge in [0.15, 0.2) is 5.11 Å². The van der Waals surface area contributed by atoms with Crippen LogP contribution < -0.4 is 15.5 Å². The lowest BCUT2D eigenvalue weighted by Crippen LogP contribution is -2.24. The van der Waals surface area contributed by atoms with E-state index in [0.717, 1.165) is 40.0 Å². The average molecular weight is 461 g/mol. The number of benzene rings is 3. The van der Waals surface area contributed by atoms with E-state index < -0.39 is 0 Å². The molecule has 0 aliphatic carbocycles. The SMILES string of the molecule is S=C(N/N=C\c1cccn1Cc1ccc(Cl)cc1)Nc1ccc(Oc2ccccc2)cc1. The van der Waals surface area contributed by atoms with Crippen LogP contribution in [0.4, 0.5) is 5.69 Å². The molecule has 4 aromatic rings. The van der Waals surface area contributed by atoms with Crippen molar-refractivity contribution in [3.8, 4) is 11.5 Å². The standard InChI is InChI=1S/C25H21ClN4OS/c26-20-10-8-19(9-11-20)18-30-16-4-5-22(30)17-27-29-25(32)28-21-12-14-24(15-13-21)31-23-6-2-1-3-7-23/h1-17H,18H2,(H2,28,29,32)/b27-17-. The number of nitrogens with one attached hydrogen (secondary N) is 2. The Hall–Kier alpha value is -3.61. The van der Waals surface area contributed by atoms with Gasteiger partial charge in [-0.05, 0) is 78.4 Å². The van der Waals surface area contributed by atoms with Crippen molar-refractivity contribution in [3.05, 3.63) is 113 Å². The van der Waals surface area contributed by atoms with Gasteiger partial charge in [-0.1, -0.05) is 41.9 Å². The second kappa shape index (κ2) is 10.6. The summed E-state index contributed by atoms with van der Waals surface area (Å²) in [5.74, 6) is 1.54. The summed E-state index contributed by atoms with van der Waals surface area (Å²) in [6.45, 7) is 0.728. The van der Waals surface area contributed by atoms with E-state index >= 15 is 0 Å². The average Bonchev–Trinajstić information content (AvgIpc) is 3.24. The van der Waals surface area contributed by atoms with Gasteiger partial charge in [0, 0.05) is 23.5 Å². The Morgan fingerprint density at radius 1 is 0.906 bits per heavy atom. The maximum Gasteiger partial charge on any atom is 0.191 e. The Kier molecular flexibility index (Phi) is 7.17. The molecule has 4 rings (SSSR count). The number of halogens is 1. The Bertz CT molecular complexity index is 1190. The van der Waals surface area contributed by atoms with Crippen molar-refractivity contribution in [1.82, 2.24) is 9.99 Å². The van der Waals surface area contributed by atoms with Crippen LogP contribution in [0.5, 0.6) is 11.5 Å². The number of hydrogen-bond donors (Lipinski definition) is 2. The number of hydrogen-bond acceptors (Lipinski definition) is 3. The fraction of sp³-hybridized carbons (Fsp3) is 0.0400. The molecular weight excluding hydrogens is 440 g/mol. The highest BCUT2D eigenvalue weighted by atomic mass is 35.5. The quantitative estimate of drug-likeness (QED) is 0.193. The van der Waals surface area contributed by atoms with E-state index in [2.05, 4.69) is 20.4 Å². The summed E-state index contributed by atoms with van der Waals surface area (Å²) in [5, 5.41) is 8.48. The number of aromatic nitrogens is 1. The third-order valence-electron chi connectivity index (χ3n) is 4.58. The van der Waals surface area contributed by atoms with Gasteiger partial charge in [-0.15, -0.1) is 0 Å². The number of thiocarbonyl (C=S) groups is 1. The first-order chi connectivity index (χ1) is 15.7. The second-order valence-electron chi connectivity index (χ2n) is 6.95. The molecule has 7 heteroatoms. The molecule has 5 nitrogen and oxygen atoms in total. The number of nitrogens with zero attached hydrogens (tertiary/aromatic N) is 2. The molecule has 160 valence electrons. The summed E-state index contributed by atoms with van der Waals surface area (Å²) >= 11 is 11.3.